The summed E-state index contributed by atoms with van der Waals surface area (Å²) < 4.78 is 16.5. The van der Waals surface area contributed by atoms with Gasteiger partial charge in [0, 0.05) is 18.1 Å². The lowest BCUT2D eigenvalue weighted by Crippen LogP contribution is -2.02. The van der Waals surface area contributed by atoms with Crippen LogP contribution >= 0.6 is 0 Å². The maximum atomic E-state index is 5.76. The molecule has 0 aliphatic carbocycles. The van der Waals surface area contributed by atoms with Crippen LogP contribution in [0.1, 0.15) is 25.1 Å². The van der Waals surface area contributed by atoms with Gasteiger partial charge in [-0.1, -0.05) is 5.16 Å². The topological polar surface area (TPSA) is 70.5 Å². The largest absolute Gasteiger partial charge is 0.490 e. The van der Waals surface area contributed by atoms with Gasteiger partial charge in [0.2, 0.25) is 0 Å². The van der Waals surface area contributed by atoms with Crippen LogP contribution in [-0.2, 0) is 0 Å². The highest BCUT2D eigenvalue weighted by molar-refractivity contribution is 5.64. The van der Waals surface area contributed by atoms with Crippen molar-refractivity contribution in [1.82, 2.24) is 5.16 Å². The quantitative estimate of drug-likeness (QED) is 0.898. The van der Waals surface area contributed by atoms with Crippen LogP contribution in [0.25, 0.3) is 11.3 Å². The van der Waals surface area contributed by atoms with Gasteiger partial charge in [-0.25, -0.2) is 0 Å². The molecule has 2 aromatic rings. The van der Waals surface area contributed by atoms with Crippen molar-refractivity contribution in [3.05, 3.63) is 30.0 Å². The van der Waals surface area contributed by atoms with Gasteiger partial charge in [-0.3, -0.25) is 0 Å². The molecule has 0 bridgehead atoms. The van der Waals surface area contributed by atoms with Gasteiger partial charge in [-0.05, 0) is 25.1 Å². The summed E-state index contributed by atoms with van der Waals surface area (Å²) in [6.45, 7) is 3.21. The zero-order valence-corrected chi connectivity index (χ0v) is 10.8. The van der Waals surface area contributed by atoms with Crippen molar-refractivity contribution in [3.8, 4) is 22.8 Å². The zero-order valence-electron chi connectivity index (χ0n) is 10.8. The molecule has 2 heterocycles. The van der Waals surface area contributed by atoms with E-state index < -0.39 is 0 Å². The summed E-state index contributed by atoms with van der Waals surface area (Å²) in [6.07, 6.45) is 0.892. The number of hydrogen-bond acceptors (Lipinski definition) is 5. The van der Waals surface area contributed by atoms with E-state index in [0.29, 0.717) is 19.0 Å². The third kappa shape index (κ3) is 2.42. The highest BCUT2D eigenvalue weighted by Gasteiger charge is 2.14. The van der Waals surface area contributed by atoms with Crippen molar-refractivity contribution in [3.63, 3.8) is 0 Å². The molecule has 2 N–H and O–H groups in total. The third-order valence-corrected chi connectivity index (χ3v) is 3.02. The van der Waals surface area contributed by atoms with Gasteiger partial charge in [0.05, 0.1) is 19.3 Å². The molecule has 5 heteroatoms. The highest BCUT2D eigenvalue weighted by atomic mass is 16.5. The minimum Gasteiger partial charge on any atom is -0.490 e. The number of ether oxygens (including phenoxy) is 2. The van der Waals surface area contributed by atoms with Crippen LogP contribution in [0, 0.1) is 0 Å². The maximum Gasteiger partial charge on any atom is 0.161 e. The Hall–Kier alpha value is -2.01. The molecule has 0 spiro atoms. The molecule has 0 radical (unpaired) electrons. The number of nitrogens with zero attached hydrogens (tertiary/aromatic N) is 1. The number of rotatable bonds is 2. The fourth-order valence-corrected chi connectivity index (χ4v) is 1.96. The fraction of sp³-hybridized carbons (Fsp3) is 0.357. The van der Waals surface area contributed by atoms with Crippen LogP contribution in [0.15, 0.2) is 28.8 Å². The first-order valence-corrected chi connectivity index (χ1v) is 6.36. The van der Waals surface area contributed by atoms with Crippen LogP contribution in [0.5, 0.6) is 11.5 Å². The molecule has 5 nitrogen and oxygen atoms in total. The van der Waals surface area contributed by atoms with E-state index in [1.807, 2.05) is 31.2 Å². The van der Waals surface area contributed by atoms with Crippen molar-refractivity contribution in [2.75, 3.05) is 13.2 Å². The predicted octanol–water partition coefficient (Wildman–Crippen LogP) is 2.52. The Morgan fingerprint density at radius 2 is 1.95 bits per heavy atom. The first-order valence-electron chi connectivity index (χ1n) is 6.36. The van der Waals surface area contributed by atoms with Crippen molar-refractivity contribution in [1.29, 1.82) is 0 Å². The van der Waals surface area contributed by atoms with Crippen LogP contribution in [-0.4, -0.2) is 18.4 Å². The number of nitrogens with two attached hydrogens (primary N) is 1. The van der Waals surface area contributed by atoms with Gasteiger partial charge in [0.1, 0.15) is 5.69 Å². The van der Waals surface area contributed by atoms with E-state index in [-0.39, 0.29) is 6.04 Å². The molecule has 1 atom stereocenters. The Bertz CT molecular complexity index is 578. The Morgan fingerprint density at radius 1 is 1.16 bits per heavy atom. The number of fused-ring (bicyclic) bond motifs is 1. The molecule has 1 unspecified atom stereocenters. The average molecular weight is 260 g/mol. The molecule has 0 saturated carbocycles. The molecule has 1 aromatic carbocycles. The van der Waals surface area contributed by atoms with Gasteiger partial charge < -0.3 is 19.7 Å². The zero-order chi connectivity index (χ0) is 13.2. The molecule has 3 rings (SSSR count). The second kappa shape index (κ2) is 4.93. The SMILES string of the molecule is CC(N)c1cc(-c2ccc3c(c2)OCCCO3)no1. The van der Waals surface area contributed by atoms with E-state index in [0.717, 1.165) is 29.2 Å². The summed E-state index contributed by atoms with van der Waals surface area (Å²) in [4.78, 5) is 0. The van der Waals surface area contributed by atoms with E-state index in [1.54, 1.807) is 0 Å². The molecule has 0 saturated heterocycles. The van der Waals surface area contributed by atoms with Crippen LogP contribution < -0.4 is 15.2 Å². The van der Waals surface area contributed by atoms with Gasteiger partial charge in [0.15, 0.2) is 17.3 Å². The van der Waals surface area contributed by atoms with Crippen molar-refractivity contribution in [2.45, 2.75) is 19.4 Å². The average Bonchev–Trinajstić information content (AvgIpc) is 2.78. The minimum atomic E-state index is -0.165. The van der Waals surface area contributed by atoms with Gasteiger partial charge >= 0.3 is 0 Å². The van der Waals surface area contributed by atoms with Crippen LogP contribution in [0.3, 0.4) is 0 Å². The Kier molecular flexibility index (Phi) is 3.13. The molecule has 100 valence electrons. The smallest absolute Gasteiger partial charge is 0.161 e. The Morgan fingerprint density at radius 3 is 2.68 bits per heavy atom. The van der Waals surface area contributed by atoms with Gasteiger partial charge in [0.25, 0.3) is 0 Å². The van der Waals surface area contributed by atoms with Crippen molar-refractivity contribution >= 4 is 0 Å². The predicted molar refractivity (Wildman–Crippen MR) is 70.1 cm³/mol. The fourth-order valence-electron chi connectivity index (χ4n) is 1.96. The number of aromatic nitrogens is 1. The van der Waals surface area contributed by atoms with E-state index in [2.05, 4.69) is 5.16 Å². The molecule has 0 fully saturated rings. The summed E-state index contributed by atoms with van der Waals surface area (Å²) in [7, 11) is 0. The minimum absolute atomic E-state index is 0.165. The monoisotopic (exact) mass is 260 g/mol. The van der Waals surface area contributed by atoms with Gasteiger partial charge in [-0.15, -0.1) is 0 Å². The van der Waals surface area contributed by atoms with Gasteiger partial charge in [-0.2, -0.15) is 0 Å². The summed E-state index contributed by atoms with van der Waals surface area (Å²) in [5.74, 6) is 2.19. The van der Waals surface area contributed by atoms with Crippen LogP contribution in [0.2, 0.25) is 0 Å². The van der Waals surface area contributed by atoms with E-state index in [4.69, 9.17) is 19.7 Å². The summed E-state index contributed by atoms with van der Waals surface area (Å²) in [5, 5.41) is 4.03. The van der Waals surface area contributed by atoms with Crippen molar-refractivity contribution in [2.24, 2.45) is 5.73 Å². The lowest BCUT2D eigenvalue weighted by molar-refractivity contribution is 0.297. The number of benzene rings is 1. The molecule has 0 amide bonds. The molecule has 19 heavy (non-hydrogen) atoms. The number of hydrogen-bond donors (Lipinski definition) is 1. The maximum absolute atomic E-state index is 5.76. The second-order valence-corrected chi connectivity index (χ2v) is 4.62. The summed E-state index contributed by atoms with van der Waals surface area (Å²) in [6, 6.07) is 7.45. The molecule has 1 aliphatic heterocycles. The van der Waals surface area contributed by atoms with E-state index in [9.17, 15) is 0 Å². The van der Waals surface area contributed by atoms with E-state index in [1.165, 1.54) is 0 Å². The normalized spacial score (nSPS) is 15.9. The summed E-state index contributed by atoms with van der Waals surface area (Å²) >= 11 is 0. The lowest BCUT2D eigenvalue weighted by Gasteiger charge is -2.07. The van der Waals surface area contributed by atoms with Crippen LogP contribution in [0.4, 0.5) is 0 Å². The summed E-state index contributed by atoms with van der Waals surface area (Å²) in [5.41, 5.74) is 7.44. The molecule has 1 aromatic heterocycles. The first kappa shape index (κ1) is 12.0. The first-order chi connectivity index (χ1) is 9.24. The highest BCUT2D eigenvalue weighted by Crippen LogP contribution is 2.34. The lowest BCUT2D eigenvalue weighted by atomic mass is 10.1. The Labute approximate surface area is 111 Å². The molecular weight excluding hydrogens is 244 g/mol. The molecule has 1 aliphatic rings. The Balaban J connectivity index is 1.94. The van der Waals surface area contributed by atoms with Crippen molar-refractivity contribution < 1.29 is 14.0 Å². The third-order valence-electron chi connectivity index (χ3n) is 3.02. The standard InChI is InChI=1S/C14H16N2O3/c1-9(15)13-8-11(16-19-13)10-3-4-12-14(7-10)18-6-2-5-17-12/h3-4,7-9H,2,5-6,15H2,1H3. The molecular formula is C14H16N2O3. The van der Waals surface area contributed by atoms with E-state index >= 15 is 0 Å². The second-order valence-electron chi connectivity index (χ2n) is 4.62.